The van der Waals surface area contributed by atoms with Crippen LogP contribution in [0, 0.1) is 6.92 Å². The van der Waals surface area contributed by atoms with Gasteiger partial charge in [0, 0.05) is 11.7 Å². The summed E-state index contributed by atoms with van der Waals surface area (Å²) in [6.07, 6.45) is 0. The van der Waals surface area contributed by atoms with E-state index in [1.54, 1.807) is 0 Å². The average Bonchev–Trinajstić information content (AvgIpc) is 2.08. The van der Waals surface area contributed by atoms with Crippen LogP contribution >= 0.6 is 0 Å². The lowest BCUT2D eigenvalue weighted by atomic mass is 10.0. The number of hydrogen-bond donors (Lipinski definition) is 2. The first-order valence-electron chi connectivity index (χ1n) is 4.18. The van der Waals surface area contributed by atoms with E-state index in [1.165, 1.54) is 11.1 Å². The molecular formula is C10H16N2. The monoisotopic (exact) mass is 164 g/mol. The minimum absolute atomic E-state index is 0.324. The summed E-state index contributed by atoms with van der Waals surface area (Å²) in [5, 5.41) is 3.17. The van der Waals surface area contributed by atoms with Gasteiger partial charge in [0.05, 0.1) is 0 Å². The first kappa shape index (κ1) is 9.07. The molecule has 1 aromatic carbocycles. The molecule has 2 nitrogen and oxygen atoms in total. The van der Waals surface area contributed by atoms with Gasteiger partial charge in [0.15, 0.2) is 0 Å². The van der Waals surface area contributed by atoms with Crippen LogP contribution in [0.2, 0.25) is 0 Å². The van der Waals surface area contributed by atoms with Crippen LogP contribution in [-0.4, -0.2) is 7.05 Å². The molecule has 0 fully saturated rings. The lowest BCUT2D eigenvalue weighted by Gasteiger charge is -2.13. The molecule has 0 heterocycles. The average molecular weight is 164 g/mol. The van der Waals surface area contributed by atoms with Crippen LogP contribution in [0.1, 0.15) is 24.1 Å². The summed E-state index contributed by atoms with van der Waals surface area (Å²) in [4.78, 5) is 0. The number of nitrogens with one attached hydrogen (secondary N) is 1. The largest absolute Gasteiger partial charge is 0.398 e. The van der Waals surface area contributed by atoms with Crippen LogP contribution in [0.25, 0.3) is 0 Å². The van der Waals surface area contributed by atoms with Crippen molar-refractivity contribution in [3.63, 3.8) is 0 Å². The fourth-order valence-electron chi connectivity index (χ4n) is 1.22. The Labute approximate surface area is 73.8 Å². The topological polar surface area (TPSA) is 38.0 Å². The van der Waals surface area contributed by atoms with Crippen LogP contribution in [-0.2, 0) is 0 Å². The molecule has 0 aliphatic rings. The summed E-state index contributed by atoms with van der Waals surface area (Å²) in [7, 11) is 1.94. The minimum atomic E-state index is 0.324. The molecule has 12 heavy (non-hydrogen) atoms. The number of nitrogens with two attached hydrogens (primary N) is 1. The second-order valence-corrected chi connectivity index (χ2v) is 3.14. The summed E-state index contributed by atoms with van der Waals surface area (Å²) in [6, 6.07) is 6.43. The fraction of sp³-hybridized carbons (Fsp3) is 0.400. The molecule has 66 valence electrons. The molecule has 0 bridgehead atoms. The third kappa shape index (κ3) is 1.77. The molecule has 0 aliphatic carbocycles. The molecule has 0 amide bonds. The van der Waals surface area contributed by atoms with E-state index < -0.39 is 0 Å². The van der Waals surface area contributed by atoms with Crippen LogP contribution in [0.3, 0.4) is 0 Å². The highest BCUT2D eigenvalue weighted by Gasteiger charge is 2.05. The van der Waals surface area contributed by atoms with Crippen molar-refractivity contribution in [1.82, 2.24) is 5.32 Å². The number of rotatable bonds is 2. The summed E-state index contributed by atoms with van der Waals surface area (Å²) in [5.41, 5.74) is 9.12. The summed E-state index contributed by atoms with van der Waals surface area (Å²) in [5.74, 6) is 0. The van der Waals surface area contributed by atoms with E-state index in [9.17, 15) is 0 Å². The molecule has 0 saturated carbocycles. The van der Waals surface area contributed by atoms with Gasteiger partial charge in [0.1, 0.15) is 0 Å². The number of aryl methyl sites for hydroxylation is 1. The lowest BCUT2D eigenvalue weighted by Crippen LogP contribution is -2.14. The molecule has 1 atom stereocenters. The smallest absolute Gasteiger partial charge is 0.0362 e. The van der Waals surface area contributed by atoms with Crippen molar-refractivity contribution in [1.29, 1.82) is 0 Å². The molecule has 1 unspecified atom stereocenters. The molecule has 3 N–H and O–H groups in total. The lowest BCUT2D eigenvalue weighted by molar-refractivity contribution is 0.654. The van der Waals surface area contributed by atoms with Gasteiger partial charge in [-0.2, -0.15) is 0 Å². The van der Waals surface area contributed by atoms with Crippen LogP contribution in [0.15, 0.2) is 18.2 Å². The second kappa shape index (κ2) is 3.59. The molecular weight excluding hydrogens is 148 g/mol. The molecule has 1 aromatic rings. The van der Waals surface area contributed by atoms with Crippen LogP contribution in [0.4, 0.5) is 5.69 Å². The standard InChI is InChI=1S/C10H16N2/c1-7-4-5-10(11)9(6-7)8(2)12-3/h4-6,8,12H,11H2,1-3H3. The SMILES string of the molecule is CNC(C)c1cc(C)ccc1N. The number of nitrogen functional groups attached to an aromatic ring is 1. The molecule has 0 spiro atoms. The predicted octanol–water partition coefficient (Wildman–Crippen LogP) is 1.86. The minimum Gasteiger partial charge on any atom is -0.398 e. The Balaban J connectivity index is 3.04. The third-order valence-electron chi connectivity index (χ3n) is 2.14. The van der Waals surface area contributed by atoms with Gasteiger partial charge < -0.3 is 11.1 Å². The van der Waals surface area contributed by atoms with Gasteiger partial charge in [0.25, 0.3) is 0 Å². The Kier molecular flexibility index (Phi) is 2.71. The highest BCUT2D eigenvalue weighted by molar-refractivity contribution is 5.49. The number of hydrogen-bond acceptors (Lipinski definition) is 2. The molecule has 0 radical (unpaired) electrons. The Morgan fingerprint density at radius 3 is 2.67 bits per heavy atom. The van der Waals surface area contributed by atoms with Gasteiger partial charge >= 0.3 is 0 Å². The molecule has 1 rings (SSSR count). The van der Waals surface area contributed by atoms with E-state index in [-0.39, 0.29) is 0 Å². The van der Waals surface area contributed by atoms with Crippen molar-refractivity contribution in [2.45, 2.75) is 19.9 Å². The van der Waals surface area contributed by atoms with Crippen LogP contribution in [0.5, 0.6) is 0 Å². The fourth-order valence-corrected chi connectivity index (χ4v) is 1.22. The Morgan fingerprint density at radius 2 is 2.08 bits per heavy atom. The van der Waals surface area contributed by atoms with E-state index in [2.05, 4.69) is 25.2 Å². The Bertz CT molecular complexity index is 269. The predicted molar refractivity (Wildman–Crippen MR) is 53.1 cm³/mol. The Morgan fingerprint density at radius 1 is 1.42 bits per heavy atom. The highest BCUT2D eigenvalue weighted by Crippen LogP contribution is 2.20. The number of anilines is 1. The zero-order chi connectivity index (χ0) is 9.14. The van der Waals surface area contributed by atoms with Crippen molar-refractivity contribution in [3.05, 3.63) is 29.3 Å². The maximum atomic E-state index is 5.83. The number of benzene rings is 1. The summed E-state index contributed by atoms with van der Waals surface area (Å²) >= 11 is 0. The molecule has 0 saturated heterocycles. The first-order valence-corrected chi connectivity index (χ1v) is 4.18. The van der Waals surface area contributed by atoms with Crippen molar-refractivity contribution in [2.75, 3.05) is 12.8 Å². The normalized spacial score (nSPS) is 12.9. The van der Waals surface area contributed by atoms with Crippen LogP contribution < -0.4 is 11.1 Å². The maximum Gasteiger partial charge on any atom is 0.0362 e. The third-order valence-corrected chi connectivity index (χ3v) is 2.14. The van der Waals surface area contributed by atoms with Crippen molar-refractivity contribution < 1.29 is 0 Å². The van der Waals surface area contributed by atoms with Crippen molar-refractivity contribution in [2.24, 2.45) is 0 Å². The van der Waals surface area contributed by atoms with E-state index in [0.717, 1.165) is 5.69 Å². The molecule has 2 heteroatoms. The molecule has 0 aliphatic heterocycles. The van der Waals surface area contributed by atoms with Gasteiger partial charge in [-0.15, -0.1) is 0 Å². The van der Waals surface area contributed by atoms with Gasteiger partial charge in [-0.3, -0.25) is 0 Å². The highest BCUT2D eigenvalue weighted by atomic mass is 14.9. The quantitative estimate of drug-likeness (QED) is 0.655. The summed E-state index contributed by atoms with van der Waals surface area (Å²) in [6.45, 7) is 4.18. The zero-order valence-corrected chi connectivity index (χ0v) is 7.89. The maximum absolute atomic E-state index is 5.83. The van der Waals surface area contributed by atoms with E-state index >= 15 is 0 Å². The molecule has 0 aromatic heterocycles. The van der Waals surface area contributed by atoms with Gasteiger partial charge in [-0.25, -0.2) is 0 Å². The van der Waals surface area contributed by atoms with E-state index in [1.807, 2.05) is 19.2 Å². The first-order chi connectivity index (χ1) is 5.65. The second-order valence-electron chi connectivity index (χ2n) is 3.14. The van der Waals surface area contributed by atoms with Crippen molar-refractivity contribution in [3.8, 4) is 0 Å². The van der Waals surface area contributed by atoms with Gasteiger partial charge in [-0.1, -0.05) is 17.7 Å². The van der Waals surface area contributed by atoms with Crippen molar-refractivity contribution >= 4 is 5.69 Å². The zero-order valence-electron chi connectivity index (χ0n) is 7.89. The van der Waals surface area contributed by atoms with Gasteiger partial charge in [0.2, 0.25) is 0 Å². The Hall–Kier alpha value is -1.02. The van der Waals surface area contributed by atoms with Gasteiger partial charge in [-0.05, 0) is 32.5 Å². The van der Waals surface area contributed by atoms with E-state index in [4.69, 9.17) is 5.73 Å². The van der Waals surface area contributed by atoms with E-state index in [0.29, 0.717) is 6.04 Å². The summed E-state index contributed by atoms with van der Waals surface area (Å²) < 4.78 is 0.